The topological polar surface area (TPSA) is 17.1 Å². The lowest BCUT2D eigenvalue weighted by atomic mass is 10.00. The fourth-order valence-corrected chi connectivity index (χ4v) is 1.57. The van der Waals surface area contributed by atoms with Crippen molar-refractivity contribution in [3.05, 3.63) is 34.1 Å². The number of carbonyl (C=O) groups is 1. The fraction of sp³-hybridized carbons (Fsp3) is 0.300. The third-order valence-corrected chi connectivity index (χ3v) is 2.19. The van der Waals surface area contributed by atoms with Gasteiger partial charge in [0.25, 0.3) is 0 Å². The molecule has 13 heavy (non-hydrogen) atoms. The van der Waals surface area contributed by atoms with E-state index in [-0.39, 0.29) is 11.5 Å². The molecule has 0 unspecified atom stereocenters. The van der Waals surface area contributed by atoms with Gasteiger partial charge in [-0.25, -0.2) is 4.39 Å². The van der Waals surface area contributed by atoms with Gasteiger partial charge in [-0.3, -0.25) is 4.79 Å². The minimum absolute atomic E-state index is 0.0209. The van der Waals surface area contributed by atoms with Crippen LogP contribution >= 0.6 is 11.6 Å². The second kappa shape index (κ2) is 3.88. The lowest BCUT2D eigenvalue weighted by molar-refractivity contribution is 0.111. The van der Waals surface area contributed by atoms with E-state index >= 15 is 0 Å². The van der Waals surface area contributed by atoms with Gasteiger partial charge in [0, 0.05) is 10.6 Å². The summed E-state index contributed by atoms with van der Waals surface area (Å²) in [5.41, 5.74) is 0.472. The zero-order valence-electron chi connectivity index (χ0n) is 7.47. The molecule has 0 radical (unpaired) electrons. The Bertz CT molecular complexity index is 334. The molecule has 0 aliphatic heterocycles. The van der Waals surface area contributed by atoms with Crippen LogP contribution in [0.25, 0.3) is 0 Å². The first-order valence-corrected chi connectivity index (χ1v) is 4.38. The van der Waals surface area contributed by atoms with Crippen LogP contribution in [0.15, 0.2) is 12.1 Å². The van der Waals surface area contributed by atoms with E-state index in [1.165, 1.54) is 6.07 Å². The van der Waals surface area contributed by atoms with Crippen LogP contribution in [-0.2, 0) is 0 Å². The quantitative estimate of drug-likeness (QED) is 0.669. The smallest absolute Gasteiger partial charge is 0.153 e. The van der Waals surface area contributed by atoms with Crippen LogP contribution < -0.4 is 0 Å². The van der Waals surface area contributed by atoms with Crippen molar-refractivity contribution >= 4 is 17.9 Å². The molecular formula is C10H10ClFO. The predicted octanol–water partition coefficient (Wildman–Crippen LogP) is 3.42. The second-order valence-corrected chi connectivity index (χ2v) is 3.54. The summed E-state index contributed by atoms with van der Waals surface area (Å²) in [7, 11) is 0. The standard InChI is InChI=1S/C10H10ClFO/c1-6(2)9-8(11)4-3-7(5-13)10(9)12/h3-6H,1-2H3. The highest BCUT2D eigenvalue weighted by Gasteiger charge is 2.14. The van der Waals surface area contributed by atoms with E-state index in [1.807, 2.05) is 13.8 Å². The SMILES string of the molecule is CC(C)c1c(Cl)ccc(C=O)c1F. The molecule has 0 aliphatic rings. The maximum atomic E-state index is 13.5. The van der Waals surface area contributed by atoms with Crippen molar-refractivity contribution in [3.63, 3.8) is 0 Å². The number of rotatable bonds is 2. The van der Waals surface area contributed by atoms with E-state index in [4.69, 9.17) is 11.6 Å². The first-order chi connectivity index (χ1) is 6.07. The summed E-state index contributed by atoms with van der Waals surface area (Å²) in [5.74, 6) is -0.523. The van der Waals surface area contributed by atoms with Crippen molar-refractivity contribution in [3.8, 4) is 0 Å². The third-order valence-electron chi connectivity index (χ3n) is 1.86. The Balaban J connectivity index is 3.38. The highest BCUT2D eigenvalue weighted by Crippen LogP contribution is 2.28. The van der Waals surface area contributed by atoms with E-state index < -0.39 is 5.82 Å². The van der Waals surface area contributed by atoms with Gasteiger partial charge in [0.15, 0.2) is 6.29 Å². The normalized spacial score (nSPS) is 10.5. The summed E-state index contributed by atoms with van der Waals surface area (Å²) < 4.78 is 13.5. The van der Waals surface area contributed by atoms with Crippen LogP contribution in [-0.4, -0.2) is 6.29 Å². The van der Waals surface area contributed by atoms with Crippen LogP contribution in [0.1, 0.15) is 35.7 Å². The molecule has 1 aromatic rings. The van der Waals surface area contributed by atoms with E-state index in [0.717, 1.165) is 0 Å². The molecule has 0 atom stereocenters. The molecule has 0 amide bonds. The average Bonchev–Trinajstić information content (AvgIpc) is 2.04. The zero-order chi connectivity index (χ0) is 10.0. The molecule has 70 valence electrons. The summed E-state index contributed by atoms with van der Waals surface area (Å²) >= 11 is 5.80. The van der Waals surface area contributed by atoms with Gasteiger partial charge < -0.3 is 0 Å². The largest absolute Gasteiger partial charge is 0.298 e. The maximum absolute atomic E-state index is 13.5. The Kier molecular flexibility index (Phi) is 3.04. The summed E-state index contributed by atoms with van der Waals surface area (Å²) in [5, 5.41) is 0.373. The molecule has 0 N–H and O–H groups in total. The number of hydrogen-bond acceptors (Lipinski definition) is 1. The summed E-state index contributed by atoms with van der Waals surface area (Å²) in [6, 6.07) is 2.93. The monoisotopic (exact) mass is 200 g/mol. The van der Waals surface area contributed by atoms with Gasteiger partial charge in [0.1, 0.15) is 5.82 Å². The molecule has 0 saturated carbocycles. The number of halogens is 2. The number of aldehydes is 1. The molecule has 1 nitrogen and oxygen atoms in total. The third kappa shape index (κ3) is 1.89. The number of carbonyl (C=O) groups excluding carboxylic acids is 1. The first-order valence-electron chi connectivity index (χ1n) is 4.01. The van der Waals surface area contributed by atoms with Gasteiger partial charge in [-0.05, 0) is 18.1 Å². The molecule has 0 aliphatic carbocycles. The lowest BCUT2D eigenvalue weighted by Crippen LogP contribution is -1.98. The predicted molar refractivity (Wildman–Crippen MR) is 50.9 cm³/mol. The van der Waals surface area contributed by atoms with Crippen LogP contribution in [0.2, 0.25) is 5.02 Å². The van der Waals surface area contributed by atoms with E-state index in [9.17, 15) is 9.18 Å². The summed E-state index contributed by atoms with van der Waals surface area (Å²) in [6.07, 6.45) is 0.498. The zero-order valence-corrected chi connectivity index (χ0v) is 8.23. The number of benzene rings is 1. The molecule has 0 saturated heterocycles. The highest BCUT2D eigenvalue weighted by atomic mass is 35.5. The van der Waals surface area contributed by atoms with Crippen LogP contribution in [0, 0.1) is 5.82 Å². The van der Waals surface area contributed by atoms with Gasteiger partial charge in [-0.2, -0.15) is 0 Å². The van der Waals surface area contributed by atoms with Crippen LogP contribution in [0.3, 0.4) is 0 Å². The maximum Gasteiger partial charge on any atom is 0.153 e. The van der Waals surface area contributed by atoms with Gasteiger partial charge >= 0.3 is 0 Å². The molecule has 0 bridgehead atoms. The van der Waals surface area contributed by atoms with E-state index in [1.54, 1.807) is 6.07 Å². The van der Waals surface area contributed by atoms with Crippen molar-refractivity contribution in [2.75, 3.05) is 0 Å². The summed E-state index contributed by atoms with van der Waals surface area (Å²) in [6.45, 7) is 3.66. The van der Waals surface area contributed by atoms with E-state index in [0.29, 0.717) is 16.9 Å². The Hall–Kier alpha value is -0.890. The molecular weight excluding hydrogens is 191 g/mol. The van der Waals surface area contributed by atoms with Crippen molar-refractivity contribution < 1.29 is 9.18 Å². The van der Waals surface area contributed by atoms with Crippen molar-refractivity contribution in [1.29, 1.82) is 0 Å². The van der Waals surface area contributed by atoms with Crippen LogP contribution in [0.5, 0.6) is 0 Å². The Labute approximate surface area is 81.5 Å². The molecule has 3 heteroatoms. The first kappa shape index (κ1) is 10.2. The molecule has 0 fully saturated rings. The van der Waals surface area contributed by atoms with Crippen molar-refractivity contribution in [1.82, 2.24) is 0 Å². The van der Waals surface area contributed by atoms with Gasteiger partial charge in [0.2, 0.25) is 0 Å². The van der Waals surface area contributed by atoms with Crippen molar-refractivity contribution in [2.24, 2.45) is 0 Å². The fourth-order valence-electron chi connectivity index (χ4n) is 1.21. The van der Waals surface area contributed by atoms with Gasteiger partial charge in [-0.1, -0.05) is 25.4 Å². The van der Waals surface area contributed by atoms with E-state index in [2.05, 4.69) is 0 Å². The van der Waals surface area contributed by atoms with Crippen LogP contribution in [0.4, 0.5) is 4.39 Å². The second-order valence-electron chi connectivity index (χ2n) is 3.14. The van der Waals surface area contributed by atoms with Crippen molar-refractivity contribution in [2.45, 2.75) is 19.8 Å². The Morgan fingerprint density at radius 1 is 1.46 bits per heavy atom. The molecule has 0 heterocycles. The number of hydrogen-bond donors (Lipinski definition) is 0. The molecule has 0 spiro atoms. The molecule has 1 aromatic carbocycles. The average molecular weight is 201 g/mol. The lowest BCUT2D eigenvalue weighted by Gasteiger charge is -2.10. The molecule has 1 rings (SSSR count). The van der Waals surface area contributed by atoms with Gasteiger partial charge in [0.05, 0.1) is 5.56 Å². The highest BCUT2D eigenvalue weighted by molar-refractivity contribution is 6.31. The minimum Gasteiger partial charge on any atom is -0.298 e. The summed E-state index contributed by atoms with van der Waals surface area (Å²) in [4.78, 5) is 10.4. The minimum atomic E-state index is -0.502. The molecule has 0 aromatic heterocycles. The Morgan fingerprint density at radius 3 is 2.54 bits per heavy atom. The van der Waals surface area contributed by atoms with Gasteiger partial charge in [-0.15, -0.1) is 0 Å². The Morgan fingerprint density at radius 2 is 2.08 bits per heavy atom.